The molecular formula is C20H19BrN6O. The lowest BCUT2D eigenvalue weighted by Gasteiger charge is -2.08. The van der Waals surface area contributed by atoms with Crippen LogP contribution in [0.2, 0.25) is 0 Å². The monoisotopic (exact) mass is 438 g/mol. The maximum absolute atomic E-state index is 12.8. The number of nitrogens with one attached hydrogen (secondary N) is 1. The fourth-order valence-electron chi connectivity index (χ4n) is 3.09. The summed E-state index contributed by atoms with van der Waals surface area (Å²) >= 11 is 3.47. The third-order valence-corrected chi connectivity index (χ3v) is 5.27. The first-order valence-electron chi connectivity index (χ1n) is 8.96. The van der Waals surface area contributed by atoms with E-state index in [1.807, 2.05) is 48.9 Å². The Morgan fingerprint density at radius 1 is 1.14 bits per heavy atom. The van der Waals surface area contributed by atoms with E-state index in [0.29, 0.717) is 17.8 Å². The molecule has 7 nitrogen and oxygen atoms in total. The van der Waals surface area contributed by atoms with E-state index in [1.54, 1.807) is 23.1 Å². The molecule has 1 amide bonds. The molecule has 0 radical (unpaired) electrons. The summed E-state index contributed by atoms with van der Waals surface area (Å²) in [5, 5.41) is 11.6. The molecule has 0 spiro atoms. The van der Waals surface area contributed by atoms with E-state index in [4.69, 9.17) is 0 Å². The number of carbonyl (C=O) groups is 1. The fourth-order valence-corrected chi connectivity index (χ4v) is 3.53. The number of hydrogen-bond donors (Lipinski definition) is 1. The molecule has 4 rings (SSSR count). The van der Waals surface area contributed by atoms with Crippen molar-refractivity contribution in [3.8, 4) is 11.3 Å². The van der Waals surface area contributed by atoms with Gasteiger partial charge in [-0.1, -0.05) is 29.8 Å². The van der Waals surface area contributed by atoms with Crippen LogP contribution in [0, 0.1) is 6.92 Å². The summed E-state index contributed by atoms with van der Waals surface area (Å²) in [6.07, 6.45) is 4.99. The predicted octanol–water partition coefficient (Wildman–Crippen LogP) is 3.61. The molecule has 28 heavy (non-hydrogen) atoms. The predicted molar refractivity (Wildman–Crippen MR) is 110 cm³/mol. The van der Waals surface area contributed by atoms with Crippen molar-refractivity contribution in [1.82, 2.24) is 29.7 Å². The molecule has 142 valence electrons. The van der Waals surface area contributed by atoms with Gasteiger partial charge in [-0.05, 0) is 35.8 Å². The Morgan fingerprint density at radius 2 is 1.93 bits per heavy atom. The zero-order valence-corrected chi connectivity index (χ0v) is 17.1. The van der Waals surface area contributed by atoms with E-state index >= 15 is 0 Å². The van der Waals surface area contributed by atoms with Crippen LogP contribution in [0.15, 0.2) is 53.4 Å². The van der Waals surface area contributed by atoms with Crippen LogP contribution in [0.1, 0.15) is 28.5 Å². The van der Waals surface area contributed by atoms with Crippen molar-refractivity contribution >= 4 is 27.5 Å². The van der Waals surface area contributed by atoms with E-state index in [1.165, 1.54) is 5.56 Å². The molecule has 1 N–H and O–H groups in total. The molecule has 0 fully saturated rings. The minimum atomic E-state index is -0.223. The van der Waals surface area contributed by atoms with Crippen LogP contribution in [-0.2, 0) is 13.1 Å². The Labute approximate surface area is 170 Å². The summed E-state index contributed by atoms with van der Waals surface area (Å²) in [6.45, 7) is 5.15. The summed E-state index contributed by atoms with van der Waals surface area (Å²) in [4.78, 5) is 17.1. The quantitative estimate of drug-likeness (QED) is 0.516. The Hall–Kier alpha value is -3.00. The summed E-state index contributed by atoms with van der Waals surface area (Å²) in [7, 11) is 0. The van der Waals surface area contributed by atoms with Crippen LogP contribution in [0.4, 0.5) is 0 Å². The average Bonchev–Trinajstić information content (AvgIpc) is 3.30. The van der Waals surface area contributed by atoms with Crippen LogP contribution in [-0.4, -0.2) is 30.3 Å². The van der Waals surface area contributed by atoms with E-state index in [2.05, 4.69) is 36.4 Å². The van der Waals surface area contributed by atoms with Gasteiger partial charge in [0, 0.05) is 18.3 Å². The summed E-state index contributed by atoms with van der Waals surface area (Å²) in [5.41, 5.74) is 4.97. The number of aryl methyl sites for hydroxylation is 2. The summed E-state index contributed by atoms with van der Waals surface area (Å²) in [5.74, 6) is -0.223. The van der Waals surface area contributed by atoms with Gasteiger partial charge in [0.15, 0.2) is 5.65 Å². The molecule has 0 aliphatic rings. The number of carbonyl (C=O) groups excluding carboxylic acids is 1. The van der Waals surface area contributed by atoms with Crippen LogP contribution in [0.3, 0.4) is 0 Å². The molecule has 0 saturated carbocycles. The van der Waals surface area contributed by atoms with E-state index in [-0.39, 0.29) is 5.91 Å². The maximum Gasteiger partial charge on any atom is 0.257 e. The third-order valence-electron chi connectivity index (χ3n) is 4.61. The smallest absolute Gasteiger partial charge is 0.257 e. The number of rotatable bonds is 5. The molecular weight excluding hydrogens is 420 g/mol. The Kier molecular flexibility index (Phi) is 4.95. The van der Waals surface area contributed by atoms with Crippen molar-refractivity contribution in [3.63, 3.8) is 0 Å². The lowest BCUT2D eigenvalue weighted by molar-refractivity contribution is 0.0951. The Bertz CT molecular complexity index is 1150. The van der Waals surface area contributed by atoms with Crippen molar-refractivity contribution in [2.75, 3.05) is 0 Å². The largest absolute Gasteiger partial charge is 0.346 e. The second-order valence-electron chi connectivity index (χ2n) is 6.43. The molecule has 0 aliphatic heterocycles. The Balaban J connectivity index is 1.62. The van der Waals surface area contributed by atoms with Crippen LogP contribution in [0.5, 0.6) is 0 Å². The highest BCUT2D eigenvalue weighted by Crippen LogP contribution is 2.22. The second kappa shape index (κ2) is 7.55. The first kappa shape index (κ1) is 18.4. The molecule has 1 aromatic carbocycles. The van der Waals surface area contributed by atoms with E-state index in [9.17, 15) is 4.79 Å². The SMILES string of the molecule is CCn1ncc(Br)c1CNC(=O)c1cnn2c(-c3ccc(C)cc3)ccnc12. The summed E-state index contributed by atoms with van der Waals surface area (Å²) < 4.78 is 4.41. The van der Waals surface area contributed by atoms with Crippen molar-refractivity contribution in [2.24, 2.45) is 0 Å². The van der Waals surface area contributed by atoms with E-state index in [0.717, 1.165) is 28.0 Å². The number of halogens is 1. The number of hydrogen-bond acceptors (Lipinski definition) is 4. The highest BCUT2D eigenvalue weighted by molar-refractivity contribution is 9.10. The van der Waals surface area contributed by atoms with Gasteiger partial charge in [-0.25, -0.2) is 9.50 Å². The lowest BCUT2D eigenvalue weighted by atomic mass is 10.1. The molecule has 0 bridgehead atoms. The molecule has 3 heterocycles. The first-order valence-corrected chi connectivity index (χ1v) is 9.76. The third kappa shape index (κ3) is 3.31. The highest BCUT2D eigenvalue weighted by Gasteiger charge is 2.17. The van der Waals surface area contributed by atoms with Gasteiger partial charge in [0.05, 0.1) is 34.8 Å². The van der Waals surface area contributed by atoms with Crippen molar-refractivity contribution in [1.29, 1.82) is 0 Å². The number of amides is 1. The zero-order valence-electron chi connectivity index (χ0n) is 15.6. The normalized spacial score (nSPS) is 11.1. The van der Waals surface area contributed by atoms with Crippen LogP contribution in [0.25, 0.3) is 16.9 Å². The standard InChI is InChI=1S/C20H19BrN6O/c1-3-26-18(16(21)11-24-26)12-23-20(28)15-10-25-27-17(8-9-22-19(15)27)14-6-4-13(2)5-7-14/h4-11H,3,12H2,1-2H3,(H,23,28). The van der Waals surface area contributed by atoms with Gasteiger partial charge in [-0.15, -0.1) is 0 Å². The Morgan fingerprint density at radius 3 is 2.68 bits per heavy atom. The van der Waals surface area contributed by atoms with Gasteiger partial charge in [-0.2, -0.15) is 10.2 Å². The number of aromatic nitrogens is 5. The maximum atomic E-state index is 12.8. The molecule has 3 aromatic heterocycles. The van der Waals surface area contributed by atoms with Gasteiger partial charge in [0.2, 0.25) is 0 Å². The molecule has 0 unspecified atom stereocenters. The fraction of sp³-hybridized carbons (Fsp3) is 0.200. The number of nitrogens with zero attached hydrogens (tertiary/aromatic N) is 5. The summed E-state index contributed by atoms with van der Waals surface area (Å²) in [6, 6.07) is 10.1. The van der Waals surface area contributed by atoms with Crippen LogP contribution < -0.4 is 5.32 Å². The first-order chi connectivity index (χ1) is 13.6. The van der Waals surface area contributed by atoms with Gasteiger partial charge >= 0.3 is 0 Å². The van der Waals surface area contributed by atoms with Crippen LogP contribution >= 0.6 is 15.9 Å². The topological polar surface area (TPSA) is 77.1 Å². The van der Waals surface area contributed by atoms with E-state index < -0.39 is 0 Å². The van der Waals surface area contributed by atoms with Gasteiger partial charge < -0.3 is 5.32 Å². The van der Waals surface area contributed by atoms with Gasteiger partial charge in [0.1, 0.15) is 5.56 Å². The lowest BCUT2D eigenvalue weighted by Crippen LogP contribution is -2.24. The van der Waals surface area contributed by atoms with Gasteiger partial charge in [0.25, 0.3) is 5.91 Å². The molecule has 0 saturated heterocycles. The minimum Gasteiger partial charge on any atom is -0.346 e. The van der Waals surface area contributed by atoms with Crippen molar-refractivity contribution in [3.05, 3.63) is 70.2 Å². The second-order valence-corrected chi connectivity index (χ2v) is 7.28. The number of fused-ring (bicyclic) bond motifs is 1. The minimum absolute atomic E-state index is 0.223. The molecule has 0 aliphatic carbocycles. The average molecular weight is 439 g/mol. The van der Waals surface area contributed by atoms with Crippen molar-refractivity contribution in [2.45, 2.75) is 26.9 Å². The molecule has 8 heteroatoms. The molecule has 0 atom stereocenters. The van der Waals surface area contributed by atoms with Crippen molar-refractivity contribution < 1.29 is 4.79 Å². The van der Waals surface area contributed by atoms with Gasteiger partial charge in [-0.3, -0.25) is 9.48 Å². The zero-order chi connectivity index (χ0) is 19.7. The molecule has 4 aromatic rings. The highest BCUT2D eigenvalue weighted by atomic mass is 79.9. The number of benzene rings is 1.